The lowest BCUT2D eigenvalue weighted by Crippen LogP contribution is -2.38. The number of fused-ring (bicyclic) bond motifs is 1. The van der Waals surface area contributed by atoms with E-state index in [0.717, 1.165) is 45.1 Å². The monoisotopic (exact) mass is 767 g/mol. The first-order chi connectivity index (χ1) is 28.4. The summed E-state index contributed by atoms with van der Waals surface area (Å²) in [4.78, 5) is 24.3. The smallest absolute Gasteiger partial charge is 0.318 e. The molecule has 0 aliphatic rings. The van der Waals surface area contributed by atoms with Crippen LogP contribution in [0.25, 0.3) is 22.0 Å². The fourth-order valence-electron chi connectivity index (χ4n) is 7.22. The molecule has 6 aromatic carbocycles. The number of halogens is 1. The van der Waals surface area contributed by atoms with E-state index in [9.17, 15) is 4.79 Å². The lowest BCUT2D eigenvalue weighted by molar-refractivity contribution is -0.115. The molecular weight excluding hydrogens is 726 g/mol. The lowest BCUT2D eigenvalue weighted by Gasteiger charge is -2.37. The van der Waals surface area contributed by atoms with Crippen molar-refractivity contribution in [3.63, 3.8) is 0 Å². The summed E-state index contributed by atoms with van der Waals surface area (Å²) in [6, 6.07) is 54.5. The average Bonchev–Trinajstić information content (AvgIpc) is 3.60. The average molecular weight is 768 g/mol. The zero-order valence-corrected chi connectivity index (χ0v) is 32.2. The van der Waals surface area contributed by atoms with Gasteiger partial charge in [-0.15, -0.1) is 0 Å². The molecule has 8 aromatic rings. The molecule has 0 fully saturated rings. The number of hydrogen-bond donors (Lipinski definition) is 2. The molecular formula is C48H42FN7O2. The molecule has 0 aliphatic heterocycles. The minimum atomic E-state index is -0.967. The molecule has 58 heavy (non-hydrogen) atoms. The molecule has 0 aliphatic carbocycles. The number of benzene rings is 6. The van der Waals surface area contributed by atoms with E-state index in [4.69, 9.17) is 9.84 Å². The molecule has 2 aromatic heterocycles. The topological polar surface area (TPSA) is 97.2 Å². The van der Waals surface area contributed by atoms with Crippen molar-refractivity contribution in [3.05, 3.63) is 198 Å². The standard InChI is InChI=1S/C48H42FN7O2/c1-55(2)29-30-58-47-50-33-42(49)46(53-47)51-40-27-28-43-41(32-40)45(52-44(57)31-34-23-25-36(26-24-34)35-15-7-3-8-16-35)54-56(43)48(37-17-9-4-10-18-37,38-19-11-5-12-20-38)39-21-13-6-14-22-39/h3-28,32-33H,29-31H2,1-2H3,(H,50,51,53)(H,52,54,57). The first-order valence-corrected chi connectivity index (χ1v) is 19.1. The summed E-state index contributed by atoms with van der Waals surface area (Å²) in [7, 11) is 3.87. The predicted octanol–water partition coefficient (Wildman–Crippen LogP) is 9.34. The van der Waals surface area contributed by atoms with Gasteiger partial charge < -0.3 is 20.3 Å². The van der Waals surface area contributed by atoms with Crippen LogP contribution >= 0.6 is 0 Å². The Balaban J connectivity index is 1.23. The van der Waals surface area contributed by atoms with Crippen molar-refractivity contribution in [1.82, 2.24) is 24.6 Å². The highest BCUT2D eigenvalue weighted by Crippen LogP contribution is 2.44. The van der Waals surface area contributed by atoms with Crippen LogP contribution in [0.15, 0.2) is 170 Å². The molecule has 288 valence electrons. The van der Waals surface area contributed by atoms with Crippen molar-refractivity contribution < 1.29 is 13.9 Å². The van der Waals surface area contributed by atoms with Crippen molar-refractivity contribution in [2.24, 2.45) is 0 Å². The number of carbonyl (C=O) groups excluding carboxylic acids is 1. The first-order valence-electron chi connectivity index (χ1n) is 19.1. The zero-order chi connectivity index (χ0) is 39.9. The van der Waals surface area contributed by atoms with Gasteiger partial charge in [-0.05, 0) is 65.7 Å². The maximum absolute atomic E-state index is 15.2. The Morgan fingerprint density at radius 3 is 1.88 bits per heavy atom. The summed E-state index contributed by atoms with van der Waals surface area (Å²) < 4.78 is 22.9. The highest BCUT2D eigenvalue weighted by Gasteiger charge is 2.41. The van der Waals surface area contributed by atoms with Crippen LogP contribution in [0, 0.1) is 5.82 Å². The molecule has 8 rings (SSSR count). The Morgan fingerprint density at radius 1 is 0.724 bits per heavy atom. The minimum absolute atomic E-state index is 0.0432. The Bertz CT molecular complexity index is 2520. The van der Waals surface area contributed by atoms with E-state index in [0.29, 0.717) is 30.0 Å². The zero-order valence-electron chi connectivity index (χ0n) is 32.2. The minimum Gasteiger partial charge on any atom is -0.462 e. The van der Waals surface area contributed by atoms with Gasteiger partial charge in [-0.1, -0.05) is 146 Å². The second kappa shape index (κ2) is 16.9. The third kappa shape index (κ3) is 7.91. The second-order valence-corrected chi connectivity index (χ2v) is 14.2. The summed E-state index contributed by atoms with van der Waals surface area (Å²) in [6.07, 6.45) is 1.22. The third-order valence-electron chi connectivity index (χ3n) is 10.0. The van der Waals surface area contributed by atoms with Crippen LogP contribution in [0.1, 0.15) is 22.3 Å². The number of aromatic nitrogens is 4. The molecule has 0 bridgehead atoms. The molecule has 0 radical (unpaired) electrons. The van der Waals surface area contributed by atoms with Crippen LogP contribution in [0.5, 0.6) is 6.01 Å². The number of rotatable bonds is 14. The molecule has 0 atom stereocenters. The molecule has 2 heterocycles. The van der Waals surface area contributed by atoms with Crippen molar-refractivity contribution in [2.45, 2.75) is 12.0 Å². The normalized spacial score (nSPS) is 11.4. The number of nitrogens with one attached hydrogen (secondary N) is 2. The quantitative estimate of drug-likeness (QED) is 0.107. The molecule has 0 saturated carbocycles. The lowest BCUT2D eigenvalue weighted by atomic mass is 9.77. The van der Waals surface area contributed by atoms with Gasteiger partial charge in [0.2, 0.25) is 5.91 Å². The van der Waals surface area contributed by atoms with Crippen LogP contribution in [0.2, 0.25) is 0 Å². The van der Waals surface area contributed by atoms with Gasteiger partial charge in [0, 0.05) is 17.6 Å². The van der Waals surface area contributed by atoms with E-state index in [1.54, 1.807) is 0 Å². The molecule has 0 unspecified atom stereocenters. The SMILES string of the molecule is CN(C)CCOc1ncc(F)c(Nc2ccc3c(c2)c(NC(=O)Cc2ccc(-c4ccccc4)cc2)nn3C(c2ccccc2)(c2ccccc2)c2ccccc2)n1. The summed E-state index contributed by atoms with van der Waals surface area (Å²) in [5, 5.41) is 12.2. The van der Waals surface area contributed by atoms with E-state index in [-0.39, 0.29) is 24.2 Å². The maximum Gasteiger partial charge on any atom is 0.318 e. The van der Waals surface area contributed by atoms with Gasteiger partial charge in [-0.25, -0.2) is 14.1 Å². The third-order valence-corrected chi connectivity index (χ3v) is 10.0. The van der Waals surface area contributed by atoms with Gasteiger partial charge in [0.15, 0.2) is 17.5 Å². The van der Waals surface area contributed by atoms with Crippen molar-refractivity contribution >= 4 is 34.1 Å². The van der Waals surface area contributed by atoms with E-state index in [1.807, 2.05) is 139 Å². The maximum atomic E-state index is 15.2. The Morgan fingerprint density at radius 2 is 1.29 bits per heavy atom. The van der Waals surface area contributed by atoms with Crippen LogP contribution in [-0.4, -0.2) is 57.8 Å². The molecule has 2 N–H and O–H groups in total. The number of likely N-dealkylation sites (N-methyl/N-ethyl adjacent to an activating group) is 1. The Labute approximate surface area is 336 Å². The van der Waals surface area contributed by atoms with Crippen molar-refractivity contribution in [3.8, 4) is 17.1 Å². The predicted molar refractivity (Wildman–Crippen MR) is 228 cm³/mol. The summed E-state index contributed by atoms with van der Waals surface area (Å²) in [5.74, 6) is -0.562. The number of amides is 1. The van der Waals surface area contributed by atoms with Gasteiger partial charge in [0.1, 0.15) is 12.1 Å². The molecule has 1 amide bonds. The largest absolute Gasteiger partial charge is 0.462 e. The van der Waals surface area contributed by atoms with E-state index in [2.05, 4.69) is 69.1 Å². The van der Waals surface area contributed by atoms with Gasteiger partial charge in [0.05, 0.1) is 18.1 Å². The summed E-state index contributed by atoms with van der Waals surface area (Å²) in [5.41, 5.74) is 6.25. The van der Waals surface area contributed by atoms with Gasteiger partial charge in [-0.2, -0.15) is 10.1 Å². The molecule has 9 nitrogen and oxygen atoms in total. The fourth-order valence-corrected chi connectivity index (χ4v) is 7.22. The summed E-state index contributed by atoms with van der Waals surface area (Å²) >= 11 is 0. The Kier molecular flexibility index (Phi) is 11.0. The highest BCUT2D eigenvalue weighted by molar-refractivity contribution is 6.02. The van der Waals surface area contributed by atoms with E-state index < -0.39 is 11.4 Å². The fraction of sp³-hybridized carbons (Fsp3) is 0.125. The Hall–Kier alpha value is -7.17. The van der Waals surface area contributed by atoms with Crippen LogP contribution in [0.4, 0.5) is 21.7 Å². The second-order valence-electron chi connectivity index (χ2n) is 14.2. The van der Waals surface area contributed by atoms with E-state index >= 15 is 4.39 Å². The molecule has 10 heteroatoms. The number of carbonyl (C=O) groups is 1. The van der Waals surface area contributed by atoms with Gasteiger partial charge in [-0.3, -0.25) is 4.79 Å². The van der Waals surface area contributed by atoms with E-state index in [1.165, 1.54) is 0 Å². The van der Waals surface area contributed by atoms with Crippen molar-refractivity contribution in [1.29, 1.82) is 0 Å². The number of ether oxygens (including phenoxy) is 1. The number of anilines is 3. The first kappa shape index (κ1) is 37.7. The number of nitrogens with zero attached hydrogens (tertiary/aromatic N) is 5. The number of hydrogen-bond acceptors (Lipinski definition) is 7. The van der Waals surface area contributed by atoms with Crippen molar-refractivity contribution in [2.75, 3.05) is 37.9 Å². The van der Waals surface area contributed by atoms with Crippen LogP contribution < -0.4 is 15.4 Å². The van der Waals surface area contributed by atoms with Gasteiger partial charge >= 0.3 is 6.01 Å². The molecule has 0 spiro atoms. The van der Waals surface area contributed by atoms with Crippen LogP contribution in [0.3, 0.4) is 0 Å². The van der Waals surface area contributed by atoms with Gasteiger partial charge in [0.25, 0.3) is 0 Å². The highest BCUT2D eigenvalue weighted by atomic mass is 19.1. The summed E-state index contributed by atoms with van der Waals surface area (Å²) in [6.45, 7) is 0.990. The van der Waals surface area contributed by atoms with Crippen LogP contribution in [-0.2, 0) is 16.8 Å². The molecule has 0 saturated heterocycles.